The van der Waals surface area contributed by atoms with Crippen molar-refractivity contribution in [2.24, 2.45) is 0 Å². The van der Waals surface area contributed by atoms with Crippen LogP contribution in [0.3, 0.4) is 0 Å². The quantitative estimate of drug-likeness (QED) is 0.399. The Morgan fingerprint density at radius 2 is 1.56 bits per heavy atom. The molecule has 10 nitrogen and oxygen atoms in total. The van der Waals surface area contributed by atoms with E-state index in [2.05, 4.69) is 5.32 Å². The number of methoxy groups -OCH3 is 1. The Kier molecular flexibility index (Phi) is 8.09. The van der Waals surface area contributed by atoms with Crippen molar-refractivity contribution in [2.75, 3.05) is 12.4 Å². The lowest BCUT2D eigenvalue weighted by Gasteiger charge is -2.28. The highest BCUT2D eigenvalue weighted by molar-refractivity contribution is 5.88. The molecule has 2 rings (SSSR count). The van der Waals surface area contributed by atoms with Crippen LogP contribution in [0.25, 0.3) is 0 Å². The summed E-state index contributed by atoms with van der Waals surface area (Å²) in [6, 6.07) is 11.2. The molecule has 2 aromatic rings. The minimum Gasteiger partial charge on any atom is -0.497 e. The van der Waals surface area contributed by atoms with Gasteiger partial charge in [-0.3, -0.25) is 10.1 Å². The van der Waals surface area contributed by atoms with Gasteiger partial charge in [0, 0.05) is 17.8 Å². The molecule has 34 heavy (non-hydrogen) atoms. The Morgan fingerprint density at radius 3 is 2.06 bits per heavy atom. The zero-order valence-electron chi connectivity index (χ0n) is 20.5. The molecule has 0 aliphatic rings. The molecule has 184 valence electrons. The number of anilines is 2. The Hall–Kier alpha value is -3.82. The first-order valence-electron chi connectivity index (χ1n) is 10.6. The molecule has 1 N–H and O–H groups in total. The molecule has 0 spiro atoms. The van der Waals surface area contributed by atoms with Crippen LogP contribution in [-0.4, -0.2) is 40.3 Å². The van der Waals surface area contributed by atoms with E-state index in [1.165, 1.54) is 25.3 Å². The van der Waals surface area contributed by atoms with Crippen molar-refractivity contribution in [3.05, 3.63) is 58.1 Å². The summed E-state index contributed by atoms with van der Waals surface area (Å²) in [5.74, 6) is 0.449. The van der Waals surface area contributed by atoms with Crippen LogP contribution in [0.2, 0.25) is 0 Å². The number of benzene rings is 2. The number of carbonyl (C=O) groups excluding carboxylic acids is 2. The first-order chi connectivity index (χ1) is 15.7. The summed E-state index contributed by atoms with van der Waals surface area (Å²) in [5, 5.41) is 14.4. The van der Waals surface area contributed by atoms with Crippen LogP contribution in [0.1, 0.15) is 47.1 Å². The number of imide groups is 1. The molecule has 0 aliphatic heterocycles. The number of hydrogen-bond donors (Lipinski definition) is 1. The molecule has 0 fully saturated rings. The molecule has 0 bridgehead atoms. The van der Waals surface area contributed by atoms with Gasteiger partial charge < -0.3 is 19.5 Å². The first-order valence-corrected chi connectivity index (χ1v) is 10.6. The fraction of sp³-hybridized carbons (Fsp3) is 0.417. The van der Waals surface area contributed by atoms with Crippen molar-refractivity contribution in [1.82, 2.24) is 4.90 Å². The summed E-state index contributed by atoms with van der Waals surface area (Å²) >= 11 is 0. The number of hydrogen-bond acceptors (Lipinski definition) is 8. The van der Waals surface area contributed by atoms with E-state index in [1.807, 2.05) is 0 Å². The summed E-state index contributed by atoms with van der Waals surface area (Å²) in [4.78, 5) is 37.3. The Balaban J connectivity index is 2.34. The van der Waals surface area contributed by atoms with Crippen LogP contribution in [0.5, 0.6) is 5.75 Å². The molecule has 0 aromatic heterocycles. The van der Waals surface area contributed by atoms with Crippen molar-refractivity contribution in [3.63, 3.8) is 0 Å². The molecule has 0 saturated carbocycles. The minimum atomic E-state index is -0.844. The summed E-state index contributed by atoms with van der Waals surface area (Å²) < 4.78 is 15.9. The number of rotatable bonds is 6. The molecule has 0 heterocycles. The fourth-order valence-electron chi connectivity index (χ4n) is 2.82. The minimum absolute atomic E-state index is 0.125. The second kappa shape index (κ2) is 10.4. The highest BCUT2D eigenvalue weighted by atomic mass is 16.6. The maximum absolute atomic E-state index is 12.8. The van der Waals surface area contributed by atoms with Crippen molar-refractivity contribution >= 4 is 29.2 Å². The topological polar surface area (TPSA) is 120 Å². The van der Waals surface area contributed by atoms with Gasteiger partial charge >= 0.3 is 12.2 Å². The van der Waals surface area contributed by atoms with Gasteiger partial charge in [-0.05, 0) is 65.3 Å². The van der Waals surface area contributed by atoms with E-state index in [9.17, 15) is 19.7 Å². The standard InChI is InChI=1S/C24H31N3O7/c1-23(2,3)33-21(28)26(22(29)34-24(4,5)6)15-16-9-8-10-17(13-16)25-19-14-18(32-7)11-12-20(19)27(30)31/h8-14,25H,15H2,1-7H3. The fourth-order valence-corrected chi connectivity index (χ4v) is 2.82. The second-order valence-corrected chi connectivity index (χ2v) is 9.51. The van der Waals surface area contributed by atoms with Crippen LogP contribution >= 0.6 is 0 Å². The van der Waals surface area contributed by atoms with E-state index >= 15 is 0 Å². The number of amides is 2. The highest BCUT2D eigenvalue weighted by Crippen LogP contribution is 2.31. The number of nitrogens with one attached hydrogen (secondary N) is 1. The summed E-state index contributed by atoms with van der Waals surface area (Å²) in [6.07, 6.45) is -1.69. The number of ether oxygens (including phenoxy) is 3. The Labute approximate surface area is 198 Å². The van der Waals surface area contributed by atoms with Crippen LogP contribution in [-0.2, 0) is 16.0 Å². The van der Waals surface area contributed by atoms with Gasteiger partial charge in [0.1, 0.15) is 22.6 Å². The molecular weight excluding hydrogens is 442 g/mol. The largest absolute Gasteiger partial charge is 0.497 e. The van der Waals surface area contributed by atoms with E-state index in [0.717, 1.165) is 4.90 Å². The monoisotopic (exact) mass is 473 g/mol. The Bertz CT molecular complexity index is 1030. The smallest absolute Gasteiger partial charge is 0.420 e. The average molecular weight is 474 g/mol. The molecule has 0 atom stereocenters. The third-order valence-corrected chi connectivity index (χ3v) is 4.17. The molecule has 0 unspecified atom stereocenters. The first kappa shape index (κ1) is 26.4. The van der Waals surface area contributed by atoms with Gasteiger partial charge in [0.15, 0.2) is 0 Å². The zero-order chi connectivity index (χ0) is 25.7. The molecule has 0 radical (unpaired) electrons. The molecule has 0 aliphatic carbocycles. The van der Waals surface area contributed by atoms with Crippen LogP contribution in [0.15, 0.2) is 42.5 Å². The second-order valence-electron chi connectivity index (χ2n) is 9.51. The highest BCUT2D eigenvalue weighted by Gasteiger charge is 2.31. The van der Waals surface area contributed by atoms with Gasteiger partial charge in [-0.25, -0.2) is 14.5 Å². The predicted molar refractivity (Wildman–Crippen MR) is 127 cm³/mol. The van der Waals surface area contributed by atoms with E-state index in [1.54, 1.807) is 65.8 Å². The number of nitro groups is 1. The van der Waals surface area contributed by atoms with Crippen LogP contribution < -0.4 is 10.1 Å². The van der Waals surface area contributed by atoms with Crippen molar-refractivity contribution in [2.45, 2.75) is 59.3 Å². The van der Waals surface area contributed by atoms with Gasteiger partial charge in [-0.1, -0.05) is 12.1 Å². The maximum atomic E-state index is 12.8. The molecular formula is C24H31N3O7. The summed E-state index contributed by atoms with van der Waals surface area (Å²) in [5.41, 5.74) is -0.430. The van der Waals surface area contributed by atoms with E-state index in [-0.39, 0.29) is 17.9 Å². The zero-order valence-corrected chi connectivity index (χ0v) is 20.5. The van der Waals surface area contributed by atoms with E-state index in [0.29, 0.717) is 17.0 Å². The third-order valence-electron chi connectivity index (χ3n) is 4.17. The average Bonchev–Trinajstić information content (AvgIpc) is 2.69. The van der Waals surface area contributed by atoms with Gasteiger partial charge in [0.05, 0.1) is 18.6 Å². The van der Waals surface area contributed by atoms with Gasteiger partial charge in [-0.15, -0.1) is 0 Å². The van der Waals surface area contributed by atoms with Gasteiger partial charge in [-0.2, -0.15) is 0 Å². The molecule has 2 amide bonds. The van der Waals surface area contributed by atoms with Gasteiger partial charge in [0.2, 0.25) is 0 Å². The lowest BCUT2D eigenvalue weighted by molar-refractivity contribution is -0.383. The molecule has 2 aromatic carbocycles. The van der Waals surface area contributed by atoms with Crippen molar-refractivity contribution in [3.8, 4) is 5.75 Å². The number of nitrogens with zero attached hydrogens (tertiary/aromatic N) is 2. The number of nitro benzene ring substituents is 1. The SMILES string of the molecule is COc1ccc([N+](=O)[O-])c(Nc2cccc(CN(C(=O)OC(C)(C)C)C(=O)OC(C)(C)C)c2)c1. The third kappa shape index (κ3) is 7.95. The number of carbonyl (C=O) groups is 2. The maximum Gasteiger partial charge on any atom is 0.420 e. The lowest BCUT2D eigenvalue weighted by Crippen LogP contribution is -2.43. The Morgan fingerprint density at radius 1 is 0.971 bits per heavy atom. The normalized spacial score (nSPS) is 11.4. The van der Waals surface area contributed by atoms with E-state index in [4.69, 9.17) is 14.2 Å². The van der Waals surface area contributed by atoms with Crippen molar-refractivity contribution in [1.29, 1.82) is 0 Å². The lowest BCUT2D eigenvalue weighted by atomic mass is 10.1. The van der Waals surface area contributed by atoms with Crippen molar-refractivity contribution < 1.29 is 28.7 Å². The predicted octanol–water partition coefficient (Wildman–Crippen LogP) is 6.02. The molecule has 0 saturated heterocycles. The molecule has 10 heteroatoms. The summed E-state index contributed by atoms with van der Waals surface area (Å²) in [6.45, 7) is 10.1. The van der Waals surface area contributed by atoms with Crippen LogP contribution in [0, 0.1) is 10.1 Å². The van der Waals surface area contributed by atoms with Gasteiger partial charge in [0.25, 0.3) is 5.69 Å². The summed E-state index contributed by atoms with van der Waals surface area (Å²) in [7, 11) is 1.47. The van der Waals surface area contributed by atoms with Crippen LogP contribution in [0.4, 0.5) is 26.7 Å². The van der Waals surface area contributed by atoms with E-state index < -0.39 is 28.3 Å².